The third kappa shape index (κ3) is 1.13. The van der Waals surface area contributed by atoms with Gasteiger partial charge in [-0.1, -0.05) is 0 Å². The van der Waals surface area contributed by atoms with Crippen molar-refractivity contribution in [2.45, 2.75) is 12.3 Å². The molecule has 0 aliphatic carbocycles. The fourth-order valence-corrected chi connectivity index (χ4v) is 0.724. The maximum absolute atomic E-state index is 5.63. The molecule has 0 saturated heterocycles. The van der Waals surface area contributed by atoms with Gasteiger partial charge in [0.2, 0.25) is 5.90 Å². The lowest BCUT2D eigenvalue weighted by Gasteiger charge is -1.99. The summed E-state index contributed by atoms with van der Waals surface area (Å²) < 4.78 is 5.03. The molecule has 1 aliphatic rings. The molecule has 3 heteroatoms. The first-order chi connectivity index (χ1) is 3.80. The van der Waals surface area contributed by atoms with Crippen molar-refractivity contribution in [2.24, 2.45) is 4.99 Å². The van der Waals surface area contributed by atoms with E-state index in [0.29, 0.717) is 12.5 Å². The minimum Gasteiger partial charge on any atom is -0.478 e. The monoisotopic (exact) mass is 133 g/mol. The highest BCUT2D eigenvalue weighted by Crippen LogP contribution is 2.03. The first kappa shape index (κ1) is 5.89. The van der Waals surface area contributed by atoms with Gasteiger partial charge < -0.3 is 4.74 Å². The first-order valence-corrected chi connectivity index (χ1v) is 3.05. The van der Waals surface area contributed by atoms with E-state index in [1.54, 1.807) is 0 Å². The highest BCUT2D eigenvalue weighted by molar-refractivity contribution is 6.30. The van der Waals surface area contributed by atoms with Crippen molar-refractivity contribution in [3.63, 3.8) is 0 Å². The van der Waals surface area contributed by atoms with Gasteiger partial charge in [0, 0.05) is 0 Å². The number of hydrogen-bond donors (Lipinski definition) is 0. The highest BCUT2D eigenvalue weighted by Gasteiger charge is 2.11. The summed E-state index contributed by atoms with van der Waals surface area (Å²) in [6.07, 6.45) is 0. The number of halogens is 1. The lowest BCUT2D eigenvalue weighted by atomic mass is 10.5. The maximum Gasteiger partial charge on any atom is 0.201 e. The van der Waals surface area contributed by atoms with Crippen LogP contribution in [0.5, 0.6) is 0 Å². The Balaban J connectivity index is 2.45. The van der Waals surface area contributed by atoms with Crippen molar-refractivity contribution in [1.82, 2.24) is 0 Å². The summed E-state index contributed by atoms with van der Waals surface area (Å²) in [4.78, 5) is 4.00. The van der Waals surface area contributed by atoms with E-state index in [4.69, 9.17) is 16.3 Å². The van der Waals surface area contributed by atoms with Gasteiger partial charge in [-0.2, -0.15) is 0 Å². The van der Waals surface area contributed by atoms with E-state index in [0.717, 1.165) is 6.54 Å². The smallest absolute Gasteiger partial charge is 0.201 e. The van der Waals surface area contributed by atoms with Gasteiger partial charge in [-0.15, -0.1) is 11.6 Å². The Labute approximate surface area is 53.5 Å². The molecule has 1 rings (SSSR count). The van der Waals surface area contributed by atoms with E-state index in [1.165, 1.54) is 0 Å². The summed E-state index contributed by atoms with van der Waals surface area (Å²) in [7, 11) is 0. The number of nitrogens with zero attached hydrogens (tertiary/aromatic N) is 1. The standard InChI is InChI=1S/C5H8ClNO/c1-4(6)5-7-2-3-8-5/h4H,2-3H2,1H3. The van der Waals surface area contributed by atoms with Crippen molar-refractivity contribution in [3.8, 4) is 0 Å². The Morgan fingerprint density at radius 1 is 1.88 bits per heavy atom. The van der Waals surface area contributed by atoms with Crippen LogP contribution in [0.4, 0.5) is 0 Å². The topological polar surface area (TPSA) is 21.6 Å². The molecule has 0 bridgehead atoms. The summed E-state index contributed by atoms with van der Waals surface area (Å²) in [5, 5.41) is -0.0579. The van der Waals surface area contributed by atoms with Gasteiger partial charge in [0.15, 0.2) is 0 Å². The molecule has 0 saturated carbocycles. The van der Waals surface area contributed by atoms with Crippen molar-refractivity contribution >= 4 is 17.5 Å². The molecule has 1 aliphatic heterocycles. The molecule has 46 valence electrons. The molecule has 0 aromatic heterocycles. The molecular weight excluding hydrogens is 126 g/mol. The molecule has 1 atom stereocenters. The molecular formula is C5H8ClNO. The minimum atomic E-state index is -0.0579. The second kappa shape index (κ2) is 2.35. The van der Waals surface area contributed by atoms with Crippen LogP contribution in [0.15, 0.2) is 4.99 Å². The third-order valence-electron chi connectivity index (χ3n) is 0.949. The Kier molecular flexibility index (Phi) is 1.73. The molecule has 0 aromatic carbocycles. The average molecular weight is 134 g/mol. The van der Waals surface area contributed by atoms with Crippen molar-refractivity contribution in [3.05, 3.63) is 0 Å². The lowest BCUT2D eigenvalue weighted by Crippen LogP contribution is -2.09. The Bertz CT molecular complexity index is 111. The summed E-state index contributed by atoms with van der Waals surface area (Å²) >= 11 is 5.63. The van der Waals surface area contributed by atoms with Crippen LogP contribution >= 0.6 is 11.6 Å². The molecule has 1 heterocycles. The third-order valence-corrected chi connectivity index (χ3v) is 1.14. The van der Waals surface area contributed by atoms with E-state index < -0.39 is 0 Å². The quantitative estimate of drug-likeness (QED) is 0.490. The van der Waals surface area contributed by atoms with Crippen LogP contribution in [-0.2, 0) is 4.74 Å². The van der Waals surface area contributed by atoms with Crippen LogP contribution in [0.2, 0.25) is 0 Å². The fraction of sp³-hybridized carbons (Fsp3) is 0.800. The predicted molar refractivity (Wildman–Crippen MR) is 33.6 cm³/mol. The second-order valence-electron chi connectivity index (χ2n) is 1.68. The summed E-state index contributed by atoms with van der Waals surface area (Å²) in [6, 6.07) is 0. The van der Waals surface area contributed by atoms with Crippen LogP contribution in [0.3, 0.4) is 0 Å². The maximum atomic E-state index is 5.63. The van der Waals surface area contributed by atoms with Gasteiger partial charge in [0.1, 0.15) is 12.0 Å². The molecule has 0 N–H and O–H groups in total. The number of hydrogen-bond acceptors (Lipinski definition) is 2. The van der Waals surface area contributed by atoms with Crippen molar-refractivity contribution in [1.29, 1.82) is 0 Å². The fourth-order valence-electron chi connectivity index (χ4n) is 0.592. The van der Waals surface area contributed by atoms with Gasteiger partial charge in [-0.3, -0.25) is 4.99 Å². The van der Waals surface area contributed by atoms with Crippen LogP contribution in [0.25, 0.3) is 0 Å². The van der Waals surface area contributed by atoms with Gasteiger partial charge in [-0.25, -0.2) is 0 Å². The lowest BCUT2D eigenvalue weighted by molar-refractivity contribution is 0.340. The van der Waals surface area contributed by atoms with E-state index >= 15 is 0 Å². The van der Waals surface area contributed by atoms with Gasteiger partial charge in [0.05, 0.1) is 6.54 Å². The van der Waals surface area contributed by atoms with Crippen molar-refractivity contribution in [2.75, 3.05) is 13.2 Å². The summed E-state index contributed by atoms with van der Waals surface area (Å²) in [5.74, 6) is 0.687. The zero-order chi connectivity index (χ0) is 5.98. The molecule has 0 fully saturated rings. The molecule has 0 spiro atoms. The van der Waals surface area contributed by atoms with Gasteiger partial charge in [-0.05, 0) is 6.92 Å². The van der Waals surface area contributed by atoms with E-state index in [1.807, 2.05) is 6.92 Å². The van der Waals surface area contributed by atoms with Gasteiger partial charge in [0.25, 0.3) is 0 Å². The summed E-state index contributed by atoms with van der Waals surface area (Å²) in [5.41, 5.74) is 0. The van der Waals surface area contributed by atoms with E-state index in [2.05, 4.69) is 4.99 Å². The number of rotatable bonds is 1. The van der Waals surface area contributed by atoms with Crippen LogP contribution in [-0.4, -0.2) is 24.4 Å². The first-order valence-electron chi connectivity index (χ1n) is 2.62. The number of aliphatic imine (C=N–C) groups is 1. The Morgan fingerprint density at radius 3 is 2.88 bits per heavy atom. The molecule has 0 aromatic rings. The highest BCUT2D eigenvalue weighted by atomic mass is 35.5. The van der Waals surface area contributed by atoms with Crippen LogP contribution < -0.4 is 0 Å². The Morgan fingerprint density at radius 2 is 2.62 bits per heavy atom. The molecule has 2 nitrogen and oxygen atoms in total. The summed E-state index contributed by atoms with van der Waals surface area (Å²) in [6.45, 7) is 3.32. The average Bonchev–Trinajstić information content (AvgIpc) is 2.12. The SMILES string of the molecule is CC(Cl)C1=NCCO1. The van der Waals surface area contributed by atoms with Crippen molar-refractivity contribution < 1.29 is 4.74 Å². The molecule has 0 amide bonds. The number of ether oxygens (including phenoxy) is 1. The molecule has 0 radical (unpaired) electrons. The minimum absolute atomic E-state index is 0.0579. The predicted octanol–water partition coefficient (Wildman–Crippen LogP) is 1.04. The van der Waals surface area contributed by atoms with E-state index in [9.17, 15) is 0 Å². The van der Waals surface area contributed by atoms with Crippen LogP contribution in [0, 0.1) is 0 Å². The van der Waals surface area contributed by atoms with Crippen LogP contribution in [0.1, 0.15) is 6.92 Å². The zero-order valence-electron chi connectivity index (χ0n) is 4.72. The second-order valence-corrected chi connectivity index (χ2v) is 2.34. The zero-order valence-corrected chi connectivity index (χ0v) is 5.48. The Hall–Kier alpha value is -0.240. The molecule has 1 unspecified atom stereocenters. The number of alkyl halides is 1. The van der Waals surface area contributed by atoms with E-state index in [-0.39, 0.29) is 5.38 Å². The van der Waals surface area contributed by atoms with Gasteiger partial charge >= 0.3 is 0 Å². The normalized spacial score (nSPS) is 22.0. The molecule has 8 heavy (non-hydrogen) atoms. The largest absolute Gasteiger partial charge is 0.478 e.